The van der Waals surface area contributed by atoms with Gasteiger partial charge in [0.2, 0.25) is 11.9 Å². The van der Waals surface area contributed by atoms with Crippen LogP contribution in [0.25, 0.3) is 0 Å². The highest BCUT2D eigenvalue weighted by Crippen LogP contribution is 2.07. The van der Waals surface area contributed by atoms with E-state index in [0.717, 1.165) is 17.8 Å². The highest BCUT2D eigenvalue weighted by molar-refractivity contribution is 5.90. The van der Waals surface area contributed by atoms with E-state index in [2.05, 4.69) is 15.3 Å². The van der Waals surface area contributed by atoms with Crippen molar-refractivity contribution >= 4 is 11.9 Å². The summed E-state index contributed by atoms with van der Waals surface area (Å²) in [6.07, 6.45) is 0.816. The van der Waals surface area contributed by atoms with Gasteiger partial charge in [0.15, 0.2) is 0 Å². The van der Waals surface area contributed by atoms with Crippen molar-refractivity contribution in [1.82, 2.24) is 9.97 Å². The lowest BCUT2D eigenvalue weighted by atomic mass is 10.1. The standard InChI is InChI=1S/C11H17N3O/c1-5-7(2)10(15)14-11-12-8(3)6-9(4)13-11/h6-7H,5H2,1-4H3,(H,12,13,14,15). The molecule has 0 aliphatic carbocycles. The maximum absolute atomic E-state index is 11.6. The number of hydrogen-bond acceptors (Lipinski definition) is 3. The van der Waals surface area contributed by atoms with Crippen LogP contribution < -0.4 is 5.32 Å². The molecule has 4 heteroatoms. The monoisotopic (exact) mass is 207 g/mol. The van der Waals surface area contributed by atoms with Crippen LogP contribution in [0.3, 0.4) is 0 Å². The molecule has 1 rings (SSSR count). The van der Waals surface area contributed by atoms with Gasteiger partial charge in [0.1, 0.15) is 0 Å². The fourth-order valence-electron chi connectivity index (χ4n) is 1.20. The lowest BCUT2D eigenvalue weighted by molar-refractivity contribution is -0.119. The summed E-state index contributed by atoms with van der Waals surface area (Å²) in [4.78, 5) is 19.9. The Morgan fingerprint density at radius 1 is 1.40 bits per heavy atom. The minimum absolute atomic E-state index is 0.00517. The molecule has 82 valence electrons. The summed E-state index contributed by atoms with van der Waals surface area (Å²) in [7, 11) is 0. The summed E-state index contributed by atoms with van der Waals surface area (Å²) in [5, 5.41) is 2.71. The zero-order valence-corrected chi connectivity index (χ0v) is 9.66. The number of aromatic nitrogens is 2. The molecule has 0 aromatic carbocycles. The Hall–Kier alpha value is -1.45. The predicted molar refractivity (Wildman–Crippen MR) is 59.6 cm³/mol. The van der Waals surface area contributed by atoms with E-state index in [9.17, 15) is 4.79 Å². The van der Waals surface area contributed by atoms with Crippen molar-refractivity contribution < 1.29 is 4.79 Å². The number of anilines is 1. The summed E-state index contributed by atoms with van der Waals surface area (Å²) in [6.45, 7) is 7.63. The van der Waals surface area contributed by atoms with Crippen LogP contribution in [-0.2, 0) is 4.79 Å². The van der Waals surface area contributed by atoms with Gasteiger partial charge < -0.3 is 0 Å². The molecule has 1 aromatic rings. The number of aryl methyl sites for hydroxylation is 2. The van der Waals surface area contributed by atoms with Gasteiger partial charge in [-0.2, -0.15) is 0 Å². The minimum atomic E-state index is -0.0255. The third-order valence-electron chi connectivity index (χ3n) is 2.28. The van der Waals surface area contributed by atoms with Crippen LogP contribution in [-0.4, -0.2) is 15.9 Å². The Labute approximate surface area is 90.1 Å². The van der Waals surface area contributed by atoms with Crippen LogP contribution in [0.15, 0.2) is 6.07 Å². The summed E-state index contributed by atoms with van der Waals surface area (Å²) in [5.41, 5.74) is 1.73. The highest BCUT2D eigenvalue weighted by atomic mass is 16.2. The molecule has 0 bridgehead atoms. The molecule has 0 aliphatic heterocycles. The number of rotatable bonds is 3. The van der Waals surface area contributed by atoms with Crippen molar-refractivity contribution in [3.63, 3.8) is 0 Å². The van der Waals surface area contributed by atoms with E-state index in [0.29, 0.717) is 5.95 Å². The van der Waals surface area contributed by atoms with Crippen molar-refractivity contribution in [3.05, 3.63) is 17.5 Å². The third-order valence-corrected chi connectivity index (χ3v) is 2.28. The Kier molecular flexibility index (Phi) is 3.77. The average Bonchev–Trinajstić information content (AvgIpc) is 2.14. The molecule has 0 fully saturated rings. The largest absolute Gasteiger partial charge is 0.294 e. The summed E-state index contributed by atoms with van der Waals surface area (Å²) < 4.78 is 0. The molecule has 1 aromatic heterocycles. The van der Waals surface area contributed by atoms with E-state index < -0.39 is 0 Å². The minimum Gasteiger partial charge on any atom is -0.294 e. The van der Waals surface area contributed by atoms with E-state index in [1.165, 1.54) is 0 Å². The van der Waals surface area contributed by atoms with Crippen molar-refractivity contribution in [2.45, 2.75) is 34.1 Å². The van der Waals surface area contributed by atoms with E-state index in [4.69, 9.17) is 0 Å². The lowest BCUT2D eigenvalue weighted by Gasteiger charge is -2.09. The van der Waals surface area contributed by atoms with E-state index >= 15 is 0 Å². The van der Waals surface area contributed by atoms with Gasteiger partial charge in [-0.3, -0.25) is 10.1 Å². The molecule has 1 amide bonds. The highest BCUT2D eigenvalue weighted by Gasteiger charge is 2.11. The molecule has 1 heterocycles. The van der Waals surface area contributed by atoms with Gasteiger partial charge in [-0.25, -0.2) is 9.97 Å². The number of carbonyl (C=O) groups excluding carboxylic acids is 1. The summed E-state index contributed by atoms with van der Waals surface area (Å²) in [6, 6.07) is 1.87. The Bertz CT molecular complexity index is 343. The van der Waals surface area contributed by atoms with Crippen molar-refractivity contribution in [2.24, 2.45) is 5.92 Å². The first kappa shape index (κ1) is 11.6. The number of carbonyl (C=O) groups is 1. The smallest absolute Gasteiger partial charge is 0.229 e. The Balaban J connectivity index is 2.76. The normalized spacial score (nSPS) is 12.3. The van der Waals surface area contributed by atoms with Crippen LogP contribution in [0, 0.1) is 19.8 Å². The van der Waals surface area contributed by atoms with E-state index in [1.807, 2.05) is 33.8 Å². The molecule has 1 unspecified atom stereocenters. The van der Waals surface area contributed by atoms with Gasteiger partial charge >= 0.3 is 0 Å². The second-order valence-corrected chi connectivity index (χ2v) is 3.77. The van der Waals surface area contributed by atoms with Gasteiger partial charge in [-0.15, -0.1) is 0 Å². The quantitative estimate of drug-likeness (QED) is 0.825. The molecule has 0 saturated heterocycles. The predicted octanol–water partition coefficient (Wildman–Crippen LogP) is 2.08. The molecule has 0 saturated carbocycles. The molecule has 0 radical (unpaired) electrons. The van der Waals surface area contributed by atoms with E-state index in [-0.39, 0.29) is 11.8 Å². The van der Waals surface area contributed by atoms with Crippen molar-refractivity contribution in [1.29, 1.82) is 0 Å². The lowest BCUT2D eigenvalue weighted by Crippen LogP contribution is -2.21. The number of hydrogen-bond donors (Lipinski definition) is 1. The first-order valence-electron chi connectivity index (χ1n) is 5.16. The number of amides is 1. The van der Waals surface area contributed by atoms with E-state index in [1.54, 1.807) is 0 Å². The first-order valence-corrected chi connectivity index (χ1v) is 5.16. The summed E-state index contributed by atoms with van der Waals surface area (Å²) in [5.74, 6) is 0.370. The zero-order valence-electron chi connectivity index (χ0n) is 9.66. The van der Waals surface area contributed by atoms with Gasteiger partial charge in [-0.1, -0.05) is 13.8 Å². The van der Waals surface area contributed by atoms with Crippen LogP contribution in [0.5, 0.6) is 0 Å². The molecule has 4 nitrogen and oxygen atoms in total. The first-order chi connectivity index (χ1) is 7.02. The molecule has 0 spiro atoms. The van der Waals surface area contributed by atoms with Crippen molar-refractivity contribution in [2.75, 3.05) is 5.32 Å². The third kappa shape index (κ3) is 3.31. The molecular formula is C11H17N3O. The average molecular weight is 207 g/mol. The molecular weight excluding hydrogens is 190 g/mol. The Morgan fingerprint density at radius 3 is 2.40 bits per heavy atom. The van der Waals surface area contributed by atoms with Crippen molar-refractivity contribution in [3.8, 4) is 0 Å². The van der Waals surface area contributed by atoms with Gasteiger partial charge in [0.05, 0.1) is 0 Å². The molecule has 1 N–H and O–H groups in total. The number of nitrogens with zero attached hydrogens (tertiary/aromatic N) is 2. The van der Waals surface area contributed by atoms with Crippen LogP contribution >= 0.6 is 0 Å². The molecule has 15 heavy (non-hydrogen) atoms. The molecule has 0 aliphatic rings. The maximum atomic E-state index is 11.6. The Morgan fingerprint density at radius 2 is 1.93 bits per heavy atom. The second kappa shape index (κ2) is 4.87. The van der Waals surface area contributed by atoms with Crippen LogP contribution in [0.1, 0.15) is 31.7 Å². The summed E-state index contributed by atoms with van der Waals surface area (Å²) >= 11 is 0. The number of nitrogens with one attached hydrogen (secondary N) is 1. The van der Waals surface area contributed by atoms with Gasteiger partial charge in [-0.05, 0) is 26.3 Å². The molecule has 1 atom stereocenters. The fourth-order valence-corrected chi connectivity index (χ4v) is 1.20. The van der Waals surface area contributed by atoms with Gasteiger partial charge in [0, 0.05) is 17.3 Å². The van der Waals surface area contributed by atoms with Crippen LogP contribution in [0.2, 0.25) is 0 Å². The van der Waals surface area contributed by atoms with Gasteiger partial charge in [0.25, 0.3) is 0 Å². The van der Waals surface area contributed by atoms with Crippen LogP contribution in [0.4, 0.5) is 5.95 Å². The zero-order chi connectivity index (χ0) is 11.4. The fraction of sp³-hybridized carbons (Fsp3) is 0.545. The maximum Gasteiger partial charge on any atom is 0.229 e. The topological polar surface area (TPSA) is 54.9 Å². The second-order valence-electron chi connectivity index (χ2n) is 3.77. The SMILES string of the molecule is CCC(C)C(=O)Nc1nc(C)cc(C)n1.